The number of hydrogen-bond acceptors (Lipinski definition) is 3. The maximum absolute atomic E-state index is 12.8. The number of ether oxygens (including phenoxy) is 2. The molecular formula is C16H15BrFNO3. The van der Waals surface area contributed by atoms with Crippen molar-refractivity contribution in [3.8, 4) is 5.75 Å². The quantitative estimate of drug-likeness (QED) is 0.788. The van der Waals surface area contributed by atoms with Gasteiger partial charge in [0.05, 0.1) is 11.1 Å². The normalized spacial score (nSPS) is 10.3. The van der Waals surface area contributed by atoms with E-state index in [2.05, 4.69) is 21.2 Å². The van der Waals surface area contributed by atoms with E-state index in [-0.39, 0.29) is 11.7 Å². The molecule has 2 aromatic rings. The van der Waals surface area contributed by atoms with E-state index in [9.17, 15) is 9.18 Å². The Labute approximate surface area is 136 Å². The second kappa shape index (κ2) is 7.91. The molecule has 0 spiro atoms. The van der Waals surface area contributed by atoms with Crippen molar-refractivity contribution in [1.82, 2.24) is 0 Å². The van der Waals surface area contributed by atoms with Crippen molar-refractivity contribution in [3.05, 3.63) is 58.3 Å². The van der Waals surface area contributed by atoms with Gasteiger partial charge in [0.15, 0.2) is 0 Å². The van der Waals surface area contributed by atoms with E-state index in [0.29, 0.717) is 34.7 Å². The first-order chi connectivity index (χ1) is 10.6. The molecule has 0 aliphatic rings. The van der Waals surface area contributed by atoms with E-state index in [0.717, 1.165) is 0 Å². The van der Waals surface area contributed by atoms with Gasteiger partial charge in [0, 0.05) is 18.4 Å². The molecule has 6 heteroatoms. The fourth-order valence-electron chi connectivity index (χ4n) is 1.73. The highest BCUT2D eigenvalue weighted by atomic mass is 79.9. The van der Waals surface area contributed by atoms with Crippen LogP contribution in [-0.4, -0.2) is 26.2 Å². The summed E-state index contributed by atoms with van der Waals surface area (Å²) in [7, 11) is 1.60. The van der Waals surface area contributed by atoms with Gasteiger partial charge in [0.1, 0.15) is 18.2 Å². The van der Waals surface area contributed by atoms with Crippen LogP contribution in [0.15, 0.2) is 46.9 Å². The Kier molecular flexibility index (Phi) is 5.91. The first-order valence-electron chi connectivity index (χ1n) is 6.58. The number of benzene rings is 2. The highest BCUT2D eigenvalue weighted by Gasteiger charge is 2.10. The number of carbonyl (C=O) groups is 1. The fraction of sp³-hybridized carbons (Fsp3) is 0.188. The van der Waals surface area contributed by atoms with Gasteiger partial charge in [-0.05, 0) is 58.4 Å². The smallest absolute Gasteiger partial charge is 0.255 e. The van der Waals surface area contributed by atoms with Gasteiger partial charge in [0.2, 0.25) is 0 Å². The summed E-state index contributed by atoms with van der Waals surface area (Å²) in [5.41, 5.74) is 0.998. The van der Waals surface area contributed by atoms with E-state index in [4.69, 9.17) is 9.47 Å². The molecule has 0 bridgehead atoms. The molecule has 1 N–H and O–H groups in total. The third-order valence-corrected chi connectivity index (χ3v) is 3.46. The number of anilines is 1. The van der Waals surface area contributed by atoms with Gasteiger partial charge < -0.3 is 14.8 Å². The van der Waals surface area contributed by atoms with Crippen LogP contribution in [0.3, 0.4) is 0 Å². The second-order valence-corrected chi connectivity index (χ2v) is 5.30. The Bertz CT molecular complexity index is 646. The number of rotatable bonds is 6. The van der Waals surface area contributed by atoms with Gasteiger partial charge in [-0.25, -0.2) is 4.39 Å². The summed E-state index contributed by atoms with van der Waals surface area (Å²) in [6, 6.07) is 10.6. The van der Waals surface area contributed by atoms with Crippen LogP contribution in [0.1, 0.15) is 10.4 Å². The summed E-state index contributed by atoms with van der Waals surface area (Å²) in [4.78, 5) is 12.1. The van der Waals surface area contributed by atoms with E-state index in [1.807, 2.05) is 0 Å². The summed E-state index contributed by atoms with van der Waals surface area (Å²) in [6.45, 7) is 0.912. The van der Waals surface area contributed by atoms with Gasteiger partial charge in [0.25, 0.3) is 5.91 Å². The van der Waals surface area contributed by atoms with Crippen molar-refractivity contribution in [3.63, 3.8) is 0 Å². The van der Waals surface area contributed by atoms with E-state index >= 15 is 0 Å². The molecule has 2 aromatic carbocycles. The second-order valence-electron chi connectivity index (χ2n) is 4.45. The van der Waals surface area contributed by atoms with Crippen molar-refractivity contribution in [2.75, 3.05) is 25.6 Å². The molecule has 22 heavy (non-hydrogen) atoms. The maximum atomic E-state index is 12.8. The van der Waals surface area contributed by atoms with Crippen LogP contribution in [0.4, 0.5) is 10.1 Å². The number of nitrogens with one attached hydrogen (secondary N) is 1. The largest absolute Gasteiger partial charge is 0.490 e. The van der Waals surface area contributed by atoms with Crippen LogP contribution in [0.5, 0.6) is 5.75 Å². The number of hydrogen-bond donors (Lipinski definition) is 1. The van der Waals surface area contributed by atoms with Crippen molar-refractivity contribution in [2.45, 2.75) is 0 Å². The molecule has 0 unspecified atom stereocenters. The van der Waals surface area contributed by atoms with Gasteiger partial charge in [-0.2, -0.15) is 0 Å². The summed E-state index contributed by atoms with van der Waals surface area (Å²) < 4.78 is 23.9. The summed E-state index contributed by atoms with van der Waals surface area (Å²) in [6.07, 6.45) is 0. The number of halogens is 2. The average Bonchev–Trinajstić information content (AvgIpc) is 2.51. The SMILES string of the molecule is COCCOc1ccc(C(=O)Nc2ccc(F)cc2)cc1Br. The lowest BCUT2D eigenvalue weighted by Gasteiger charge is -2.10. The fourth-order valence-corrected chi connectivity index (χ4v) is 2.22. The Morgan fingerprint density at radius 3 is 2.55 bits per heavy atom. The Hall–Kier alpha value is -1.92. The minimum absolute atomic E-state index is 0.282. The van der Waals surface area contributed by atoms with Crippen molar-refractivity contribution in [1.29, 1.82) is 0 Å². The molecular weight excluding hydrogens is 353 g/mol. The third-order valence-electron chi connectivity index (χ3n) is 2.84. The van der Waals surface area contributed by atoms with Crippen LogP contribution in [0.2, 0.25) is 0 Å². The molecule has 1 amide bonds. The Morgan fingerprint density at radius 1 is 1.18 bits per heavy atom. The predicted molar refractivity (Wildman–Crippen MR) is 85.9 cm³/mol. The third kappa shape index (κ3) is 4.54. The molecule has 0 saturated carbocycles. The predicted octanol–water partition coefficient (Wildman–Crippen LogP) is 3.87. The van der Waals surface area contributed by atoms with Gasteiger partial charge >= 0.3 is 0 Å². The highest BCUT2D eigenvalue weighted by molar-refractivity contribution is 9.10. The van der Waals surface area contributed by atoms with Crippen LogP contribution in [0, 0.1) is 5.82 Å². The van der Waals surface area contributed by atoms with Crippen LogP contribution < -0.4 is 10.1 Å². The first kappa shape index (κ1) is 16.5. The molecule has 4 nitrogen and oxygen atoms in total. The van der Waals surface area contributed by atoms with Crippen LogP contribution in [0.25, 0.3) is 0 Å². The molecule has 2 rings (SSSR count). The lowest BCUT2D eigenvalue weighted by atomic mass is 10.2. The lowest BCUT2D eigenvalue weighted by Crippen LogP contribution is -2.12. The molecule has 0 aliphatic heterocycles. The monoisotopic (exact) mass is 367 g/mol. The van der Waals surface area contributed by atoms with Crippen molar-refractivity contribution >= 4 is 27.5 Å². The van der Waals surface area contributed by atoms with Gasteiger partial charge in [-0.3, -0.25) is 4.79 Å². The molecule has 0 heterocycles. The molecule has 0 aromatic heterocycles. The number of amides is 1. The lowest BCUT2D eigenvalue weighted by molar-refractivity contribution is 0.102. The minimum atomic E-state index is -0.349. The standard InChI is InChI=1S/C16H15BrFNO3/c1-21-8-9-22-15-7-2-11(10-14(15)17)16(20)19-13-5-3-12(18)4-6-13/h2-7,10H,8-9H2,1H3,(H,19,20). The molecule has 0 saturated heterocycles. The van der Waals surface area contributed by atoms with Crippen molar-refractivity contribution in [2.24, 2.45) is 0 Å². The summed E-state index contributed by atoms with van der Waals surface area (Å²) in [5.74, 6) is 0.00411. The van der Waals surface area contributed by atoms with Crippen molar-refractivity contribution < 1.29 is 18.7 Å². The zero-order chi connectivity index (χ0) is 15.9. The van der Waals surface area contributed by atoms with E-state index in [1.54, 1.807) is 25.3 Å². The Morgan fingerprint density at radius 2 is 1.91 bits per heavy atom. The topological polar surface area (TPSA) is 47.6 Å². The molecule has 0 fully saturated rings. The summed E-state index contributed by atoms with van der Waals surface area (Å²) >= 11 is 3.37. The van der Waals surface area contributed by atoms with E-state index < -0.39 is 0 Å². The zero-order valence-electron chi connectivity index (χ0n) is 11.9. The number of methoxy groups -OCH3 is 1. The minimum Gasteiger partial charge on any atom is -0.490 e. The highest BCUT2D eigenvalue weighted by Crippen LogP contribution is 2.26. The summed E-state index contributed by atoms with van der Waals surface area (Å²) in [5, 5.41) is 2.70. The van der Waals surface area contributed by atoms with Gasteiger partial charge in [-0.1, -0.05) is 0 Å². The molecule has 116 valence electrons. The molecule has 0 aliphatic carbocycles. The maximum Gasteiger partial charge on any atom is 0.255 e. The number of carbonyl (C=O) groups excluding carboxylic acids is 1. The molecule has 0 atom stereocenters. The average molecular weight is 368 g/mol. The Balaban J connectivity index is 2.03. The van der Waals surface area contributed by atoms with Crippen LogP contribution >= 0.6 is 15.9 Å². The van der Waals surface area contributed by atoms with Crippen LogP contribution in [-0.2, 0) is 4.74 Å². The first-order valence-corrected chi connectivity index (χ1v) is 7.37. The molecule has 0 radical (unpaired) electrons. The van der Waals surface area contributed by atoms with E-state index in [1.165, 1.54) is 24.3 Å². The zero-order valence-corrected chi connectivity index (χ0v) is 13.5. The van der Waals surface area contributed by atoms with Gasteiger partial charge in [-0.15, -0.1) is 0 Å².